The molecule has 1 saturated heterocycles. The standard InChI is InChI=1S/C16H20ClNO2/c17-13-10-12(7-8-15(13)19)16(20)18-9-3-5-11-4-1-2-6-14(11)18/h7-8,10-11,14,19H,1-6,9H2/t11-,14-/m1/s1. The van der Waals surface area contributed by atoms with Gasteiger partial charge in [0.25, 0.3) is 5.91 Å². The molecule has 108 valence electrons. The Morgan fingerprint density at radius 1 is 1.20 bits per heavy atom. The van der Waals surface area contributed by atoms with E-state index in [1.807, 2.05) is 4.90 Å². The molecule has 1 saturated carbocycles. The fourth-order valence-electron chi connectivity index (χ4n) is 3.68. The van der Waals surface area contributed by atoms with Crippen molar-refractivity contribution in [2.24, 2.45) is 5.92 Å². The van der Waals surface area contributed by atoms with Gasteiger partial charge in [0, 0.05) is 18.2 Å². The number of benzene rings is 1. The number of hydrogen-bond donors (Lipinski definition) is 1. The predicted octanol–water partition coefficient (Wildman–Crippen LogP) is 3.84. The zero-order valence-electron chi connectivity index (χ0n) is 11.5. The maximum absolute atomic E-state index is 12.7. The van der Waals surface area contributed by atoms with Crippen LogP contribution in [0, 0.1) is 5.92 Å². The van der Waals surface area contributed by atoms with Crippen LogP contribution in [0.2, 0.25) is 5.02 Å². The maximum Gasteiger partial charge on any atom is 0.254 e. The molecule has 2 fully saturated rings. The first-order valence-electron chi connectivity index (χ1n) is 7.46. The summed E-state index contributed by atoms with van der Waals surface area (Å²) in [5.74, 6) is 0.759. The molecular weight excluding hydrogens is 274 g/mol. The van der Waals surface area contributed by atoms with E-state index in [9.17, 15) is 9.90 Å². The van der Waals surface area contributed by atoms with E-state index in [0.717, 1.165) is 19.4 Å². The number of rotatable bonds is 1. The number of hydrogen-bond acceptors (Lipinski definition) is 2. The summed E-state index contributed by atoms with van der Waals surface area (Å²) >= 11 is 5.91. The predicted molar refractivity (Wildman–Crippen MR) is 79.1 cm³/mol. The molecule has 1 heterocycles. The first kappa shape index (κ1) is 13.7. The van der Waals surface area contributed by atoms with Crippen molar-refractivity contribution in [3.8, 4) is 5.75 Å². The Balaban J connectivity index is 1.83. The Labute approximate surface area is 124 Å². The normalized spacial score (nSPS) is 26.1. The van der Waals surface area contributed by atoms with Crippen LogP contribution in [-0.4, -0.2) is 28.5 Å². The summed E-state index contributed by atoms with van der Waals surface area (Å²) in [5.41, 5.74) is 0.582. The van der Waals surface area contributed by atoms with Gasteiger partial charge in [0.15, 0.2) is 0 Å². The molecule has 3 nitrogen and oxygen atoms in total. The minimum Gasteiger partial charge on any atom is -0.506 e. The summed E-state index contributed by atoms with van der Waals surface area (Å²) in [5, 5.41) is 9.71. The SMILES string of the molecule is O=C(c1ccc(O)c(Cl)c1)N1CCC[C@H]2CCCC[C@H]21. The van der Waals surface area contributed by atoms with Gasteiger partial charge < -0.3 is 10.0 Å². The summed E-state index contributed by atoms with van der Waals surface area (Å²) < 4.78 is 0. The molecule has 1 N–H and O–H groups in total. The van der Waals surface area contributed by atoms with Crippen molar-refractivity contribution in [1.29, 1.82) is 0 Å². The second-order valence-corrected chi connectivity index (χ2v) is 6.33. The van der Waals surface area contributed by atoms with Gasteiger partial charge in [-0.15, -0.1) is 0 Å². The topological polar surface area (TPSA) is 40.5 Å². The minimum atomic E-state index is 0.0254. The Morgan fingerprint density at radius 2 is 1.95 bits per heavy atom. The number of carbonyl (C=O) groups is 1. The largest absolute Gasteiger partial charge is 0.506 e. The molecule has 1 aromatic carbocycles. The smallest absolute Gasteiger partial charge is 0.254 e. The number of aromatic hydroxyl groups is 1. The summed E-state index contributed by atoms with van der Waals surface area (Å²) in [6, 6.07) is 5.14. The molecule has 2 atom stereocenters. The highest BCUT2D eigenvalue weighted by Crippen LogP contribution is 2.36. The Bertz CT molecular complexity index is 515. The van der Waals surface area contributed by atoms with Crippen LogP contribution >= 0.6 is 11.6 Å². The number of fused-ring (bicyclic) bond motifs is 1. The Hall–Kier alpha value is -1.22. The van der Waals surface area contributed by atoms with Gasteiger partial charge in [0.05, 0.1) is 5.02 Å². The first-order chi connectivity index (χ1) is 9.66. The van der Waals surface area contributed by atoms with Crippen LogP contribution in [0.15, 0.2) is 18.2 Å². The number of carbonyl (C=O) groups excluding carboxylic acids is 1. The molecule has 0 radical (unpaired) electrons. The molecule has 1 amide bonds. The minimum absolute atomic E-state index is 0.0254. The molecule has 1 aliphatic carbocycles. The van der Waals surface area contributed by atoms with Gasteiger partial charge in [-0.25, -0.2) is 0 Å². The highest BCUT2D eigenvalue weighted by Gasteiger charge is 2.35. The fraction of sp³-hybridized carbons (Fsp3) is 0.562. The van der Waals surface area contributed by atoms with E-state index in [1.165, 1.54) is 31.7 Å². The van der Waals surface area contributed by atoms with Crippen LogP contribution in [-0.2, 0) is 0 Å². The number of phenols is 1. The highest BCUT2D eigenvalue weighted by molar-refractivity contribution is 6.32. The van der Waals surface area contributed by atoms with Gasteiger partial charge in [-0.1, -0.05) is 24.4 Å². The van der Waals surface area contributed by atoms with Crippen molar-refractivity contribution in [1.82, 2.24) is 4.90 Å². The van der Waals surface area contributed by atoms with Crippen molar-refractivity contribution in [3.05, 3.63) is 28.8 Å². The van der Waals surface area contributed by atoms with Gasteiger partial charge in [-0.2, -0.15) is 0 Å². The second kappa shape index (κ2) is 5.65. The van der Waals surface area contributed by atoms with Crippen molar-refractivity contribution >= 4 is 17.5 Å². The number of nitrogens with zero attached hydrogens (tertiary/aromatic N) is 1. The zero-order chi connectivity index (χ0) is 14.1. The van der Waals surface area contributed by atoms with Crippen LogP contribution in [0.25, 0.3) is 0 Å². The third-order valence-corrected chi connectivity index (χ3v) is 5.00. The van der Waals surface area contributed by atoms with Crippen molar-refractivity contribution in [2.75, 3.05) is 6.54 Å². The van der Waals surface area contributed by atoms with E-state index in [2.05, 4.69) is 0 Å². The lowest BCUT2D eigenvalue weighted by Gasteiger charge is -2.44. The highest BCUT2D eigenvalue weighted by atomic mass is 35.5. The van der Waals surface area contributed by atoms with E-state index in [-0.39, 0.29) is 16.7 Å². The maximum atomic E-state index is 12.7. The van der Waals surface area contributed by atoms with Gasteiger partial charge in [-0.05, 0) is 49.8 Å². The van der Waals surface area contributed by atoms with Crippen LogP contribution in [0.1, 0.15) is 48.9 Å². The quantitative estimate of drug-likeness (QED) is 0.854. The number of halogens is 1. The van der Waals surface area contributed by atoms with E-state index >= 15 is 0 Å². The Morgan fingerprint density at radius 3 is 2.75 bits per heavy atom. The van der Waals surface area contributed by atoms with Gasteiger partial charge in [0.2, 0.25) is 0 Å². The van der Waals surface area contributed by atoms with Gasteiger partial charge in [-0.3, -0.25) is 4.79 Å². The summed E-state index contributed by atoms with van der Waals surface area (Å²) in [6.45, 7) is 0.846. The number of likely N-dealkylation sites (tertiary alicyclic amines) is 1. The molecule has 3 rings (SSSR count). The van der Waals surface area contributed by atoms with Crippen molar-refractivity contribution in [2.45, 2.75) is 44.6 Å². The van der Waals surface area contributed by atoms with Crippen LogP contribution in [0.4, 0.5) is 0 Å². The first-order valence-corrected chi connectivity index (χ1v) is 7.84. The third kappa shape index (κ3) is 2.51. The van der Waals surface area contributed by atoms with E-state index in [1.54, 1.807) is 12.1 Å². The fourth-order valence-corrected chi connectivity index (χ4v) is 3.86. The third-order valence-electron chi connectivity index (χ3n) is 4.70. The van der Waals surface area contributed by atoms with Crippen LogP contribution in [0.5, 0.6) is 5.75 Å². The Kier molecular flexibility index (Phi) is 3.88. The van der Waals surface area contributed by atoms with E-state index in [4.69, 9.17) is 11.6 Å². The molecule has 0 unspecified atom stereocenters. The number of piperidine rings is 1. The summed E-state index contributed by atoms with van der Waals surface area (Å²) in [4.78, 5) is 14.7. The summed E-state index contributed by atoms with van der Waals surface area (Å²) in [6.07, 6.45) is 7.26. The van der Waals surface area contributed by atoms with Crippen LogP contribution in [0.3, 0.4) is 0 Å². The summed E-state index contributed by atoms with van der Waals surface area (Å²) in [7, 11) is 0. The molecule has 0 spiro atoms. The number of amides is 1. The molecular formula is C16H20ClNO2. The molecule has 0 bridgehead atoms. The molecule has 20 heavy (non-hydrogen) atoms. The average Bonchev–Trinajstić information content (AvgIpc) is 2.49. The van der Waals surface area contributed by atoms with E-state index < -0.39 is 0 Å². The monoisotopic (exact) mass is 293 g/mol. The average molecular weight is 294 g/mol. The molecule has 1 aromatic rings. The van der Waals surface area contributed by atoms with E-state index in [0.29, 0.717) is 17.5 Å². The van der Waals surface area contributed by atoms with Crippen molar-refractivity contribution in [3.63, 3.8) is 0 Å². The van der Waals surface area contributed by atoms with Gasteiger partial charge in [0.1, 0.15) is 5.75 Å². The number of phenolic OH excluding ortho intramolecular Hbond substituents is 1. The van der Waals surface area contributed by atoms with Crippen LogP contribution < -0.4 is 0 Å². The molecule has 4 heteroatoms. The molecule has 2 aliphatic rings. The molecule has 1 aliphatic heterocycles. The second-order valence-electron chi connectivity index (χ2n) is 5.92. The molecule has 0 aromatic heterocycles. The van der Waals surface area contributed by atoms with Crippen molar-refractivity contribution < 1.29 is 9.90 Å². The lowest BCUT2D eigenvalue weighted by Crippen LogP contribution is -2.49. The zero-order valence-corrected chi connectivity index (χ0v) is 12.3. The lowest BCUT2D eigenvalue weighted by atomic mass is 9.78. The van der Waals surface area contributed by atoms with Gasteiger partial charge >= 0.3 is 0 Å². The lowest BCUT2D eigenvalue weighted by molar-refractivity contribution is 0.0390.